The van der Waals surface area contributed by atoms with Crippen molar-refractivity contribution < 1.29 is 14.6 Å². The zero-order valence-corrected chi connectivity index (χ0v) is 14.0. The van der Waals surface area contributed by atoms with E-state index in [2.05, 4.69) is 9.88 Å². The highest BCUT2D eigenvalue weighted by Gasteiger charge is 2.20. The highest BCUT2D eigenvalue weighted by molar-refractivity contribution is 7.20. The number of aromatic nitrogens is 2. The fraction of sp³-hybridized carbons (Fsp3) is 0.533. The summed E-state index contributed by atoms with van der Waals surface area (Å²) in [5.74, 6) is -0.392. The van der Waals surface area contributed by atoms with Crippen molar-refractivity contribution in [1.29, 1.82) is 0 Å². The second-order valence-electron chi connectivity index (χ2n) is 5.61. The summed E-state index contributed by atoms with van der Waals surface area (Å²) >= 11 is 1.06. The number of carboxylic acid groups (broad SMARTS) is 1. The number of aryl methyl sites for hydroxylation is 2. The van der Waals surface area contributed by atoms with Gasteiger partial charge in [0.25, 0.3) is 5.56 Å². The Bertz CT molecular complexity index is 805. The fourth-order valence-electron chi connectivity index (χ4n) is 2.85. The van der Waals surface area contributed by atoms with E-state index in [0.29, 0.717) is 28.1 Å². The molecule has 1 N–H and O–H groups in total. The summed E-state index contributed by atoms with van der Waals surface area (Å²) in [4.78, 5) is 31.4. The quantitative estimate of drug-likeness (QED) is 0.899. The molecular formula is C15H19N3O4S. The number of nitrogens with zero attached hydrogens (tertiary/aromatic N) is 3. The molecule has 0 radical (unpaired) electrons. The van der Waals surface area contributed by atoms with Crippen LogP contribution in [0.5, 0.6) is 0 Å². The van der Waals surface area contributed by atoms with Crippen molar-refractivity contribution in [3.8, 4) is 0 Å². The van der Waals surface area contributed by atoms with E-state index < -0.39 is 5.97 Å². The molecule has 2 aromatic heterocycles. The lowest BCUT2D eigenvalue weighted by molar-refractivity contribution is 0.0362. The number of hydrogen-bond donors (Lipinski definition) is 1. The normalized spacial score (nSPS) is 16.1. The Morgan fingerprint density at radius 3 is 2.65 bits per heavy atom. The molecule has 8 heteroatoms. The molecule has 0 unspecified atom stereocenters. The predicted molar refractivity (Wildman–Crippen MR) is 87.6 cm³/mol. The maximum Gasteiger partial charge on any atom is 0.346 e. The number of thiophene rings is 1. The van der Waals surface area contributed by atoms with E-state index in [4.69, 9.17) is 4.74 Å². The van der Waals surface area contributed by atoms with Crippen molar-refractivity contribution in [1.82, 2.24) is 14.5 Å². The minimum absolute atomic E-state index is 0.151. The summed E-state index contributed by atoms with van der Waals surface area (Å²) in [6.45, 7) is 7.93. The van der Waals surface area contributed by atoms with Gasteiger partial charge in [0.05, 0.1) is 18.6 Å². The van der Waals surface area contributed by atoms with E-state index in [1.807, 2.05) is 0 Å². The van der Waals surface area contributed by atoms with Crippen LogP contribution in [0, 0.1) is 13.8 Å². The van der Waals surface area contributed by atoms with Crippen LogP contribution in [-0.4, -0.2) is 58.4 Å². The van der Waals surface area contributed by atoms with Gasteiger partial charge in [-0.05, 0) is 19.4 Å². The molecular weight excluding hydrogens is 318 g/mol. The van der Waals surface area contributed by atoms with Gasteiger partial charge in [-0.1, -0.05) is 0 Å². The Kier molecular flexibility index (Phi) is 4.47. The third kappa shape index (κ3) is 3.01. The molecule has 1 fully saturated rings. The molecule has 0 bridgehead atoms. The molecule has 0 aromatic carbocycles. The standard InChI is InChI=1S/C15H19N3O4S/c1-9-11-13(23-12(9)15(20)21)16-10(2)18(14(11)19)4-3-17-5-7-22-8-6-17/h3-8H2,1-2H3,(H,20,21). The van der Waals surface area contributed by atoms with Crippen LogP contribution in [0.15, 0.2) is 4.79 Å². The van der Waals surface area contributed by atoms with E-state index in [1.165, 1.54) is 0 Å². The monoisotopic (exact) mass is 337 g/mol. The van der Waals surface area contributed by atoms with Gasteiger partial charge >= 0.3 is 5.97 Å². The lowest BCUT2D eigenvalue weighted by Gasteiger charge is -2.26. The van der Waals surface area contributed by atoms with Crippen molar-refractivity contribution in [2.75, 3.05) is 32.8 Å². The van der Waals surface area contributed by atoms with Crippen LogP contribution in [0.4, 0.5) is 0 Å². The van der Waals surface area contributed by atoms with Crippen molar-refractivity contribution in [3.63, 3.8) is 0 Å². The van der Waals surface area contributed by atoms with E-state index in [1.54, 1.807) is 18.4 Å². The molecule has 1 aliphatic rings. The second kappa shape index (κ2) is 6.38. The minimum atomic E-state index is -1.01. The first-order valence-electron chi connectivity index (χ1n) is 7.53. The predicted octanol–water partition coefficient (Wildman–Crippen LogP) is 1.11. The van der Waals surface area contributed by atoms with E-state index >= 15 is 0 Å². The fourth-order valence-corrected chi connectivity index (χ4v) is 3.91. The van der Waals surface area contributed by atoms with Gasteiger partial charge in [-0.25, -0.2) is 9.78 Å². The van der Waals surface area contributed by atoms with Gasteiger partial charge in [-0.15, -0.1) is 11.3 Å². The molecule has 0 amide bonds. The summed E-state index contributed by atoms with van der Waals surface area (Å²) in [6, 6.07) is 0. The molecule has 7 nitrogen and oxygen atoms in total. The van der Waals surface area contributed by atoms with Crippen LogP contribution >= 0.6 is 11.3 Å². The lowest BCUT2D eigenvalue weighted by Crippen LogP contribution is -2.39. The topological polar surface area (TPSA) is 84.7 Å². The lowest BCUT2D eigenvalue weighted by atomic mass is 10.2. The van der Waals surface area contributed by atoms with Gasteiger partial charge in [0.2, 0.25) is 0 Å². The summed E-state index contributed by atoms with van der Waals surface area (Å²) < 4.78 is 6.96. The van der Waals surface area contributed by atoms with Crippen LogP contribution in [0.3, 0.4) is 0 Å². The molecule has 0 aliphatic carbocycles. The van der Waals surface area contributed by atoms with Crippen LogP contribution < -0.4 is 5.56 Å². The molecule has 23 heavy (non-hydrogen) atoms. The first-order valence-corrected chi connectivity index (χ1v) is 8.34. The Morgan fingerprint density at radius 2 is 2.00 bits per heavy atom. The molecule has 1 aliphatic heterocycles. The third-order valence-corrected chi connectivity index (χ3v) is 5.35. The zero-order chi connectivity index (χ0) is 16.6. The number of hydrogen-bond acceptors (Lipinski definition) is 6. The molecule has 124 valence electrons. The maximum absolute atomic E-state index is 12.8. The van der Waals surface area contributed by atoms with Gasteiger partial charge in [-0.2, -0.15) is 0 Å². The van der Waals surface area contributed by atoms with E-state index in [-0.39, 0.29) is 10.4 Å². The van der Waals surface area contributed by atoms with Crippen LogP contribution in [0.1, 0.15) is 21.1 Å². The smallest absolute Gasteiger partial charge is 0.346 e. The first kappa shape index (κ1) is 16.1. The van der Waals surface area contributed by atoms with Gasteiger partial charge in [0.15, 0.2) is 0 Å². The minimum Gasteiger partial charge on any atom is -0.477 e. The Morgan fingerprint density at radius 1 is 1.30 bits per heavy atom. The number of carbonyl (C=O) groups is 1. The Labute approximate surface area is 137 Å². The molecule has 1 saturated heterocycles. The van der Waals surface area contributed by atoms with Crippen LogP contribution in [-0.2, 0) is 11.3 Å². The van der Waals surface area contributed by atoms with Gasteiger partial charge < -0.3 is 9.84 Å². The number of morpholine rings is 1. The Hall–Kier alpha value is -1.77. The van der Waals surface area contributed by atoms with E-state index in [0.717, 1.165) is 44.2 Å². The molecule has 3 rings (SSSR count). The molecule has 3 heterocycles. The number of ether oxygens (including phenoxy) is 1. The third-order valence-electron chi connectivity index (χ3n) is 4.18. The van der Waals surface area contributed by atoms with Crippen LogP contribution in [0.2, 0.25) is 0 Å². The molecule has 2 aromatic rings. The Balaban J connectivity index is 1.95. The highest BCUT2D eigenvalue weighted by Crippen LogP contribution is 2.27. The second-order valence-corrected chi connectivity index (χ2v) is 6.61. The van der Waals surface area contributed by atoms with Gasteiger partial charge in [-0.3, -0.25) is 14.3 Å². The number of carboxylic acids is 1. The van der Waals surface area contributed by atoms with Crippen molar-refractivity contribution in [2.24, 2.45) is 0 Å². The van der Waals surface area contributed by atoms with Crippen molar-refractivity contribution in [2.45, 2.75) is 20.4 Å². The summed E-state index contributed by atoms with van der Waals surface area (Å²) in [5.41, 5.74) is 0.358. The summed E-state index contributed by atoms with van der Waals surface area (Å²) in [5, 5.41) is 9.66. The summed E-state index contributed by atoms with van der Waals surface area (Å²) in [7, 11) is 0. The molecule has 0 atom stereocenters. The maximum atomic E-state index is 12.8. The number of rotatable bonds is 4. The molecule has 0 saturated carbocycles. The largest absolute Gasteiger partial charge is 0.477 e. The highest BCUT2D eigenvalue weighted by atomic mass is 32.1. The van der Waals surface area contributed by atoms with Crippen molar-refractivity contribution >= 4 is 27.5 Å². The first-order chi connectivity index (χ1) is 11.0. The summed E-state index contributed by atoms with van der Waals surface area (Å²) in [6.07, 6.45) is 0. The number of aromatic carboxylic acids is 1. The SMILES string of the molecule is Cc1c(C(=O)O)sc2nc(C)n(CCN3CCOCC3)c(=O)c12. The number of fused-ring (bicyclic) bond motifs is 1. The van der Waals surface area contributed by atoms with E-state index in [9.17, 15) is 14.7 Å². The average Bonchev–Trinajstić information content (AvgIpc) is 2.85. The molecule has 0 spiro atoms. The van der Waals surface area contributed by atoms with Gasteiger partial charge in [0, 0.05) is 26.2 Å². The van der Waals surface area contributed by atoms with Gasteiger partial charge in [0.1, 0.15) is 15.5 Å². The van der Waals surface area contributed by atoms with Crippen LogP contribution in [0.25, 0.3) is 10.2 Å². The average molecular weight is 337 g/mol. The zero-order valence-electron chi connectivity index (χ0n) is 13.2. The van der Waals surface area contributed by atoms with Crippen molar-refractivity contribution in [3.05, 3.63) is 26.6 Å².